The molecule has 0 fully saturated rings. The van der Waals surface area contributed by atoms with Crippen LogP contribution in [0, 0.1) is 6.92 Å². The molecule has 0 radical (unpaired) electrons. The largest absolute Gasteiger partial charge is 0.422 e. The van der Waals surface area contributed by atoms with Gasteiger partial charge < -0.3 is 20.4 Å². The van der Waals surface area contributed by atoms with Crippen molar-refractivity contribution in [2.45, 2.75) is 6.92 Å². The van der Waals surface area contributed by atoms with E-state index in [0.29, 0.717) is 27.8 Å². The van der Waals surface area contributed by atoms with Gasteiger partial charge in [0.15, 0.2) is 0 Å². The van der Waals surface area contributed by atoms with Crippen LogP contribution in [0.15, 0.2) is 86.5 Å². The number of anilines is 1. The molecule has 1 aromatic heterocycles. The highest BCUT2D eigenvalue weighted by molar-refractivity contribution is 9.10. The zero-order valence-corrected chi connectivity index (χ0v) is 20.8. The molecule has 182 valence electrons. The van der Waals surface area contributed by atoms with Gasteiger partial charge in [-0.3, -0.25) is 14.4 Å². The van der Waals surface area contributed by atoms with Crippen LogP contribution in [0.1, 0.15) is 36.6 Å². The molecular weight excluding hydrogens is 526 g/mol. The summed E-state index contributed by atoms with van der Waals surface area (Å²) in [6, 6.07) is 20.3. The number of amides is 3. The molecule has 0 spiro atoms. The van der Waals surface area contributed by atoms with Gasteiger partial charge in [0, 0.05) is 39.8 Å². The number of carbonyl (C=O) groups excluding carboxylic acids is 3. The van der Waals surface area contributed by atoms with E-state index in [1.807, 2.05) is 19.1 Å². The third kappa shape index (κ3) is 6.05. The van der Waals surface area contributed by atoms with E-state index >= 15 is 0 Å². The van der Waals surface area contributed by atoms with Crippen LogP contribution in [0.2, 0.25) is 0 Å². The van der Waals surface area contributed by atoms with Crippen molar-refractivity contribution in [2.75, 3.05) is 18.4 Å². The van der Waals surface area contributed by atoms with E-state index < -0.39 is 11.5 Å². The number of carbonyl (C=O) groups is 3. The lowest BCUT2D eigenvalue weighted by Gasteiger charge is -2.09. The molecule has 9 heteroatoms. The fourth-order valence-electron chi connectivity index (χ4n) is 3.42. The highest BCUT2D eigenvalue weighted by atomic mass is 79.9. The number of fused-ring (bicyclic) bond motifs is 1. The SMILES string of the molecule is Cc1ccc(C(=O)Nc2ccc(C(=O)NCCNC(=O)c3cc4cc(Br)ccc4oc3=O)cc2)cc1. The van der Waals surface area contributed by atoms with Gasteiger partial charge >= 0.3 is 5.63 Å². The zero-order chi connectivity index (χ0) is 25.7. The number of nitrogens with one attached hydrogen (secondary N) is 3. The first-order chi connectivity index (χ1) is 17.3. The van der Waals surface area contributed by atoms with Gasteiger partial charge in [-0.2, -0.15) is 0 Å². The summed E-state index contributed by atoms with van der Waals surface area (Å²) in [5.74, 6) is -1.17. The molecule has 0 bridgehead atoms. The summed E-state index contributed by atoms with van der Waals surface area (Å²) < 4.78 is 5.99. The second kappa shape index (κ2) is 11.0. The number of aryl methyl sites for hydroxylation is 1. The molecule has 0 saturated carbocycles. The normalized spacial score (nSPS) is 10.6. The molecule has 0 saturated heterocycles. The van der Waals surface area contributed by atoms with Crippen LogP contribution >= 0.6 is 15.9 Å². The van der Waals surface area contributed by atoms with E-state index in [-0.39, 0.29) is 30.5 Å². The van der Waals surface area contributed by atoms with Crippen molar-refractivity contribution in [1.29, 1.82) is 0 Å². The van der Waals surface area contributed by atoms with E-state index in [0.717, 1.165) is 10.0 Å². The van der Waals surface area contributed by atoms with Crippen molar-refractivity contribution in [3.05, 3.63) is 110 Å². The molecule has 0 aliphatic rings. The van der Waals surface area contributed by atoms with E-state index in [4.69, 9.17) is 4.42 Å². The summed E-state index contributed by atoms with van der Waals surface area (Å²) in [7, 11) is 0. The first-order valence-electron chi connectivity index (χ1n) is 11.1. The van der Waals surface area contributed by atoms with Gasteiger partial charge in [0.1, 0.15) is 11.1 Å². The van der Waals surface area contributed by atoms with Crippen LogP contribution in [0.5, 0.6) is 0 Å². The summed E-state index contributed by atoms with van der Waals surface area (Å²) in [6.07, 6.45) is 0. The molecule has 1 heterocycles. The molecule has 4 aromatic rings. The molecule has 0 aliphatic carbocycles. The molecule has 0 atom stereocenters. The first-order valence-corrected chi connectivity index (χ1v) is 11.9. The van der Waals surface area contributed by atoms with Crippen LogP contribution in [0.3, 0.4) is 0 Å². The summed E-state index contributed by atoms with van der Waals surface area (Å²) >= 11 is 3.34. The van der Waals surface area contributed by atoms with Gasteiger partial charge in [-0.25, -0.2) is 4.79 Å². The molecule has 0 unspecified atom stereocenters. The third-order valence-corrected chi connectivity index (χ3v) is 5.85. The van der Waals surface area contributed by atoms with Gasteiger partial charge in [0.25, 0.3) is 17.7 Å². The molecule has 0 aliphatic heterocycles. The van der Waals surface area contributed by atoms with Crippen molar-refractivity contribution in [3.8, 4) is 0 Å². The molecule has 36 heavy (non-hydrogen) atoms. The predicted molar refractivity (Wildman–Crippen MR) is 140 cm³/mol. The zero-order valence-electron chi connectivity index (χ0n) is 19.3. The number of rotatable bonds is 7. The Morgan fingerprint density at radius 3 is 2.08 bits per heavy atom. The highest BCUT2D eigenvalue weighted by Gasteiger charge is 2.14. The summed E-state index contributed by atoms with van der Waals surface area (Å²) in [5.41, 5.74) is 2.10. The van der Waals surface area contributed by atoms with Gasteiger partial charge in [0.05, 0.1) is 0 Å². The van der Waals surface area contributed by atoms with Gasteiger partial charge in [-0.1, -0.05) is 33.6 Å². The van der Waals surface area contributed by atoms with E-state index in [1.165, 1.54) is 6.07 Å². The standard InChI is InChI=1S/C27H22BrN3O5/c1-16-2-4-18(5-3-16)25(33)31-21-9-6-17(7-10-21)24(32)29-12-13-30-26(34)22-15-19-14-20(28)8-11-23(19)36-27(22)35/h2-11,14-15H,12-13H2,1H3,(H,29,32)(H,30,34)(H,31,33). The molecule has 4 rings (SSSR count). The molecule has 8 nitrogen and oxygen atoms in total. The Morgan fingerprint density at radius 1 is 0.778 bits per heavy atom. The Labute approximate surface area is 214 Å². The monoisotopic (exact) mass is 547 g/mol. The molecular formula is C27H22BrN3O5. The highest BCUT2D eigenvalue weighted by Crippen LogP contribution is 2.19. The fraction of sp³-hybridized carbons (Fsp3) is 0.111. The van der Waals surface area contributed by atoms with Crippen molar-refractivity contribution in [1.82, 2.24) is 10.6 Å². The van der Waals surface area contributed by atoms with Crippen molar-refractivity contribution < 1.29 is 18.8 Å². The van der Waals surface area contributed by atoms with Crippen molar-refractivity contribution in [3.63, 3.8) is 0 Å². The van der Waals surface area contributed by atoms with E-state index in [2.05, 4.69) is 31.9 Å². The van der Waals surface area contributed by atoms with Crippen molar-refractivity contribution in [2.24, 2.45) is 0 Å². The van der Waals surface area contributed by atoms with Gasteiger partial charge in [-0.15, -0.1) is 0 Å². The van der Waals surface area contributed by atoms with Crippen LogP contribution in [0.4, 0.5) is 5.69 Å². The lowest BCUT2D eigenvalue weighted by Crippen LogP contribution is -2.36. The lowest BCUT2D eigenvalue weighted by atomic mass is 10.1. The summed E-state index contributed by atoms with van der Waals surface area (Å²) in [4.78, 5) is 49.3. The Morgan fingerprint density at radius 2 is 1.39 bits per heavy atom. The maximum Gasteiger partial charge on any atom is 0.349 e. The molecule has 3 N–H and O–H groups in total. The fourth-order valence-corrected chi connectivity index (χ4v) is 3.79. The Bertz CT molecular complexity index is 1500. The maximum absolute atomic E-state index is 12.4. The Hall–Kier alpha value is -4.24. The maximum atomic E-state index is 12.4. The minimum atomic E-state index is -0.735. The quantitative estimate of drug-likeness (QED) is 0.236. The molecule has 3 amide bonds. The number of hydrogen-bond donors (Lipinski definition) is 3. The van der Waals surface area contributed by atoms with Crippen molar-refractivity contribution >= 4 is 50.3 Å². The van der Waals surface area contributed by atoms with E-state index in [1.54, 1.807) is 54.6 Å². The number of benzene rings is 3. The lowest BCUT2D eigenvalue weighted by molar-refractivity contribution is 0.0925. The smallest absolute Gasteiger partial charge is 0.349 e. The molecule has 3 aromatic carbocycles. The average Bonchev–Trinajstić information content (AvgIpc) is 2.87. The van der Waals surface area contributed by atoms with Crippen LogP contribution in [-0.4, -0.2) is 30.8 Å². The van der Waals surface area contributed by atoms with Gasteiger partial charge in [0.2, 0.25) is 0 Å². The minimum absolute atomic E-state index is 0.116. The third-order valence-electron chi connectivity index (χ3n) is 5.35. The van der Waals surface area contributed by atoms with Gasteiger partial charge in [-0.05, 0) is 67.6 Å². The minimum Gasteiger partial charge on any atom is -0.422 e. The Balaban J connectivity index is 1.27. The van der Waals surface area contributed by atoms with E-state index in [9.17, 15) is 19.2 Å². The number of halogens is 1. The summed E-state index contributed by atoms with van der Waals surface area (Å²) in [5, 5.41) is 8.70. The average molecular weight is 548 g/mol. The topological polar surface area (TPSA) is 118 Å². The second-order valence-electron chi connectivity index (χ2n) is 8.04. The Kier molecular flexibility index (Phi) is 7.60. The van der Waals surface area contributed by atoms with Crippen LogP contribution in [0.25, 0.3) is 11.0 Å². The van der Waals surface area contributed by atoms with Crippen LogP contribution in [-0.2, 0) is 0 Å². The second-order valence-corrected chi connectivity index (χ2v) is 8.95. The summed E-state index contributed by atoms with van der Waals surface area (Å²) in [6.45, 7) is 2.22. The predicted octanol–water partition coefficient (Wildman–Crippen LogP) is 4.28. The van der Waals surface area contributed by atoms with Crippen LogP contribution < -0.4 is 21.6 Å². The first kappa shape index (κ1) is 24.9. The number of hydrogen-bond acceptors (Lipinski definition) is 5.